The number of guanidine groups is 1. The fraction of sp³-hybridized carbons (Fsp3) is 0.696. The molecule has 0 bridgehead atoms. The normalized spacial score (nSPS) is 15.4. The molecule has 2 rings (SSSR count). The SMILES string of the molecule is CCNC(=NCc1ccc(OCCO)c(OC)c1)NC1CCN(CCOC(C)C)CC1.I. The molecule has 0 amide bonds. The van der Waals surface area contributed by atoms with Gasteiger partial charge in [0.15, 0.2) is 17.5 Å². The Morgan fingerprint density at radius 1 is 1.22 bits per heavy atom. The number of ether oxygens (including phenoxy) is 3. The zero-order valence-corrected chi connectivity index (χ0v) is 22.3. The molecule has 1 aromatic carbocycles. The Morgan fingerprint density at radius 3 is 2.59 bits per heavy atom. The van der Waals surface area contributed by atoms with Gasteiger partial charge in [0.1, 0.15) is 6.61 Å². The first-order valence-corrected chi connectivity index (χ1v) is 11.3. The lowest BCUT2D eigenvalue weighted by atomic mass is 10.1. The quantitative estimate of drug-likeness (QED) is 0.205. The smallest absolute Gasteiger partial charge is 0.191 e. The van der Waals surface area contributed by atoms with Crippen LogP contribution in [-0.4, -0.2) is 81.2 Å². The second kappa shape index (κ2) is 16.3. The Morgan fingerprint density at radius 2 is 1.97 bits per heavy atom. The molecule has 32 heavy (non-hydrogen) atoms. The summed E-state index contributed by atoms with van der Waals surface area (Å²) in [4.78, 5) is 7.23. The van der Waals surface area contributed by atoms with Crippen molar-refractivity contribution in [2.45, 2.75) is 52.3 Å². The van der Waals surface area contributed by atoms with Crippen LogP contribution in [0.2, 0.25) is 0 Å². The van der Waals surface area contributed by atoms with Crippen LogP contribution in [0.3, 0.4) is 0 Å². The molecule has 1 fully saturated rings. The van der Waals surface area contributed by atoms with E-state index in [1.54, 1.807) is 7.11 Å². The van der Waals surface area contributed by atoms with Crippen molar-refractivity contribution in [2.75, 3.05) is 53.1 Å². The molecule has 0 aromatic heterocycles. The van der Waals surface area contributed by atoms with Gasteiger partial charge < -0.3 is 34.9 Å². The van der Waals surface area contributed by atoms with Gasteiger partial charge in [0.25, 0.3) is 0 Å². The van der Waals surface area contributed by atoms with Gasteiger partial charge in [-0.05, 0) is 51.3 Å². The topological polar surface area (TPSA) is 87.6 Å². The molecule has 0 spiro atoms. The molecule has 1 aromatic rings. The number of halogens is 1. The maximum atomic E-state index is 8.94. The molecule has 9 heteroatoms. The third-order valence-corrected chi connectivity index (χ3v) is 5.13. The number of hydrogen-bond acceptors (Lipinski definition) is 6. The fourth-order valence-corrected chi connectivity index (χ4v) is 3.49. The van der Waals surface area contributed by atoms with E-state index in [9.17, 15) is 0 Å². The number of likely N-dealkylation sites (tertiary alicyclic amines) is 1. The van der Waals surface area contributed by atoms with E-state index < -0.39 is 0 Å². The van der Waals surface area contributed by atoms with E-state index >= 15 is 0 Å². The fourth-order valence-electron chi connectivity index (χ4n) is 3.49. The van der Waals surface area contributed by atoms with Gasteiger partial charge in [-0.3, -0.25) is 0 Å². The van der Waals surface area contributed by atoms with Crippen molar-refractivity contribution in [3.8, 4) is 11.5 Å². The molecule has 1 heterocycles. The molecule has 184 valence electrons. The molecular formula is C23H41IN4O4. The summed E-state index contributed by atoms with van der Waals surface area (Å²) in [5, 5.41) is 15.9. The van der Waals surface area contributed by atoms with Gasteiger partial charge in [0.2, 0.25) is 0 Å². The van der Waals surface area contributed by atoms with Crippen molar-refractivity contribution in [2.24, 2.45) is 4.99 Å². The molecule has 3 N–H and O–H groups in total. The monoisotopic (exact) mass is 564 g/mol. The Labute approximate surface area is 210 Å². The molecular weight excluding hydrogens is 523 g/mol. The predicted octanol–water partition coefficient (Wildman–Crippen LogP) is 2.63. The third kappa shape index (κ3) is 10.5. The van der Waals surface area contributed by atoms with E-state index in [1.165, 1.54) is 0 Å². The largest absolute Gasteiger partial charge is 0.493 e. The maximum absolute atomic E-state index is 8.94. The van der Waals surface area contributed by atoms with Crippen LogP contribution in [0.15, 0.2) is 23.2 Å². The van der Waals surface area contributed by atoms with Crippen LogP contribution in [-0.2, 0) is 11.3 Å². The highest BCUT2D eigenvalue weighted by atomic mass is 127. The Hall–Kier alpha value is -1.30. The van der Waals surface area contributed by atoms with Gasteiger partial charge in [-0.25, -0.2) is 4.99 Å². The van der Waals surface area contributed by atoms with Crippen LogP contribution >= 0.6 is 24.0 Å². The van der Waals surface area contributed by atoms with E-state index in [1.807, 2.05) is 18.2 Å². The Kier molecular flexibility index (Phi) is 14.7. The van der Waals surface area contributed by atoms with Gasteiger partial charge in [-0.1, -0.05) is 6.07 Å². The summed E-state index contributed by atoms with van der Waals surface area (Å²) in [6.45, 7) is 11.7. The second-order valence-corrected chi connectivity index (χ2v) is 7.93. The first kappa shape index (κ1) is 28.7. The highest BCUT2D eigenvalue weighted by Gasteiger charge is 2.19. The summed E-state index contributed by atoms with van der Waals surface area (Å²) in [7, 11) is 1.61. The zero-order valence-electron chi connectivity index (χ0n) is 19.9. The maximum Gasteiger partial charge on any atom is 0.191 e. The van der Waals surface area contributed by atoms with Crippen molar-refractivity contribution < 1.29 is 19.3 Å². The lowest BCUT2D eigenvalue weighted by Gasteiger charge is -2.33. The molecule has 0 atom stereocenters. The molecule has 1 saturated heterocycles. The van der Waals surface area contributed by atoms with E-state index in [0.717, 1.165) is 57.2 Å². The van der Waals surface area contributed by atoms with E-state index in [0.29, 0.717) is 30.2 Å². The molecule has 8 nitrogen and oxygen atoms in total. The number of nitrogens with zero attached hydrogens (tertiary/aromatic N) is 2. The average molecular weight is 565 g/mol. The van der Waals surface area contributed by atoms with Crippen LogP contribution in [0.1, 0.15) is 39.2 Å². The minimum Gasteiger partial charge on any atom is -0.493 e. The molecule has 0 radical (unpaired) electrons. The number of aliphatic imine (C=N–C) groups is 1. The van der Waals surface area contributed by atoms with Gasteiger partial charge >= 0.3 is 0 Å². The zero-order chi connectivity index (χ0) is 22.5. The highest BCUT2D eigenvalue weighted by Crippen LogP contribution is 2.28. The summed E-state index contributed by atoms with van der Waals surface area (Å²) in [5.41, 5.74) is 1.03. The molecule has 1 aliphatic rings. The standard InChI is InChI=1S/C23H40N4O4.HI/c1-5-24-23(26-20-8-10-27(11-9-20)12-14-30-18(2)3)25-17-19-6-7-21(31-15-13-28)22(16-19)29-4;/h6-7,16,18,20,28H,5,8-15,17H2,1-4H3,(H2,24,25,26);1H. The average Bonchev–Trinajstić information content (AvgIpc) is 2.77. The van der Waals surface area contributed by atoms with E-state index in [4.69, 9.17) is 24.3 Å². The number of methoxy groups -OCH3 is 1. The molecule has 1 aliphatic heterocycles. The van der Waals surface area contributed by atoms with Gasteiger partial charge in [0.05, 0.1) is 33.0 Å². The first-order chi connectivity index (χ1) is 15.0. The molecule has 0 saturated carbocycles. The van der Waals surface area contributed by atoms with Gasteiger partial charge in [0, 0.05) is 32.2 Å². The number of aliphatic hydroxyl groups excluding tert-OH is 1. The molecule has 0 aliphatic carbocycles. The summed E-state index contributed by atoms with van der Waals surface area (Å²) in [5.74, 6) is 2.11. The number of hydrogen-bond donors (Lipinski definition) is 3. The first-order valence-electron chi connectivity index (χ1n) is 11.3. The third-order valence-electron chi connectivity index (χ3n) is 5.13. The predicted molar refractivity (Wildman–Crippen MR) is 139 cm³/mol. The Bertz CT molecular complexity index is 667. The van der Waals surface area contributed by atoms with Gasteiger partial charge in [-0.2, -0.15) is 0 Å². The van der Waals surface area contributed by atoms with Crippen molar-refractivity contribution in [3.05, 3.63) is 23.8 Å². The number of benzene rings is 1. The van der Waals surface area contributed by atoms with Gasteiger partial charge in [-0.15, -0.1) is 24.0 Å². The second-order valence-electron chi connectivity index (χ2n) is 7.93. The summed E-state index contributed by atoms with van der Waals surface area (Å²) in [6, 6.07) is 6.18. The minimum absolute atomic E-state index is 0. The van der Waals surface area contributed by atoms with Crippen LogP contribution in [0.25, 0.3) is 0 Å². The number of nitrogens with one attached hydrogen (secondary N) is 2. The highest BCUT2D eigenvalue weighted by molar-refractivity contribution is 14.0. The van der Waals surface area contributed by atoms with Crippen molar-refractivity contribution in [3.63, 3.8) is 0 Å². The number of aliphatic hydroxyl groups is 1. The van der Waals surface area contributed by atoms with E-state index in [2.05, 4.69) is 36.3 Å². The van der Waals surface area contributed by atoms with Crippen molar-refractivity contribution in [1.29, 1.82) is 0 Å². The van der Waals surface area contributed by atoms with Crippen LogP contribution in [0.4, 0.5) is 0 Å². The van der Waals surface area contributed by atoms with Crippen molar-refractivity contribution >= 4 is 29.9 Å². The number of piperidine rings is 1. The number of rotatable bonds is 12. The summed E-state index contributed by atoms with van der Waals surface area (Å²) >= 11 is 0. The van der Waals surface area contributed by atoms with Crippen LogP contribution < -0.4 is 20.1 Å². The van der Waals surface area contributed by atoms with Crippen LogP contribution in [0.5, 0.6) is 11.5 Å². The van der Waals surface area contributed by atoms with Crippen LogP contribution in [0, 0.1) is 0 Å². The lowest BCUT2D eigenvalue weighted by Crippen LogP contribution is -2.49. The van der Waals surface area contributed by atoms with Crippen molar-refractivity contribution in [1.82, 2.24) is 15.5 Å². The summed E-state index contributed by atoms with van der Waals surface area (Å²) < 4.78 is 16.6. The van der Waals surface area contributed by atoms with E-state index in [-0.39, 0.29) is 37.2 Å². The minimum atomic E-state index is -0.0302. The summed E-state index contributed by atoms with van der Waals surface area (Å²) in [6.07, 6.45) is 2.48. The molecule has 0 unspecified atom stereocenters. The lowest BCUT2D eigenvalue weighted by molar-refractivity contribution is 0.0532. The Balaban J connectivity index is 0.00000512.